The van der Waals surface area contributed by atoms with Crippen LogP contribution < -0.4 is 4.90 Å². The minimum atomic E-state index is 1.15. The Morgan fingerprint density at radius 1 is 0.333 bits per heavy atom. The van der Waals surface area contributed by atoms with Gasteiger partial charge in [0, 0.05) is 57.4 Å². The fourth-order valence-electron chi connectivity index (χ4n) is 6.09. The van der Waals surface area contributed by atoms with Crippen molar-refractivity contribution < 1.29 is 0 Å². The molecule has 0 aliphatic carbocycles. The van der Waals surface area contributed by atoms with Crippen LogP contribution in [-0.2, 0) is 0 Å². The van der Waals surface area contributed by atoms with Crippen LogP contribution in [0.5, 0.6) is 0 Å². The molecule has 0 fully saturated rings. The van der Waals surface area contributed by atoms with E-state index in [4.69, 9.17) is 0 Å². The van der Waals surface area contributed by atoms with Crippen molar-refractivity contribution in [2.24, 2.45) is 0 Å². The molecule has 198 valence electrons. The van der Waals surface area contributed by atoms with Crippen LogP contribution in [0.15, 0.2) is 140 Å². The van der Waals surface area contributed by atoms with Gasteiger partial charge in [-0.05, 0) is 71.8 Å². The van der Waals surface area contributed by atoms with Gasteiger partial charge in [-0.1, -0.05) is 78.9 Å². The molecule has 0 unspecified atom stereocenters. The van der Waals surface area contributed by atoms with E-state index in [-0.39, 0.29) is 0 Å². The summed E-state index contributed by atoms with van der Waals surface area (Å²) in [6.45, 7) is 0. The molecule has 9 rings (SSSR count). The summed E-state index contributed by atoms with van der Waals surface area (Å²) in [7, 11) is 0. The third-order valence-electron chi connectivity index (χ3n) is 8.06. The highest BCUT2D eigenvalue weighted by Crippen LogP contribution is 2.46. The zero-order chi connectivity index (χ0) is 27.6. The Morgan fingerprint density at radius 3 is 1.81 bits per heavy atom. The van der Waals surface area contributed by atoms with E-state index >= 15 is 0 Å². The fraction of sp³-hybridized carbons (Fsp3) is 0. The Bertz CT molecular complexity index is 2430. The van der Waals surface area contributed by atoms with E-state index in [2.05, 4.69) is 144 Å². The van der Waals surface area contributed by atoms with Crippen molar-refractivity contribution in [2.45, 2.75) is 0 Å². The molecule has 0 aliphatic rings. The Hall–Kier alpha value is -4.48. The molecule has 0 saturated carbocycles. The number of para-hydroxylation sites is 1. The highest BCUT2D eigenvalue weighted by Gasteiger charge is 2.16. The van der Waals surface area contributed by atoms with Gasteiger partial charge in [-0.3, -0.25) is 0 Å². The number of nitrogens with zero attached hydrogens (tertiary/aromatic N) is 1. The summed E-state index contributed by atoms with van der Waals surface area (Å²) in [4.78, 5) is 2.38. The van der Waals surface area contributed by atoms with Gasteiger partial charge in [-0.2, -0.15) is 0 Å². The molecule has 9 aromatic rings. The molecule has 0 atom stereocenters. The van der Waals surface area contributed by atoms with Crippen molar-refractivity contribution in [1.82, 2.24) is 0 Å². The van der Waals surface area contributed by atoms with E-state index in [9.17, 15) is 0 Å². The molecule has 0 spiro atoms. The summed E-state index contributed by atoms with van der Waals surface area (Å²) >= 11 is 5.68. The minimum Gasteiger partial charge on any atom is -0.310 e. The number of benzene rings is 6. The molecule has 0 amide bonds. The predicted octanol–water partition coefficient (Wildman–Crippen LogP) is 12.8. The maximum absolute atomic E-state index is 2.38. The highest BCUT2D eigenvalue weighted by molar-refractivity contribution is 7.36. The summed E-state index contributed by atoms with van der Waals surface area (Å²) in [5.74, 6) is 0. The zero-order valence-corrected chi connectivity index (χ0v) is 24.9. The van der Waals surface area contributed by atoms with Gasteiger partial charge in [0.25, 0.3) is 0 Å². The molecule has 6 aromatic carbocycles. The van der Waals surface area contributed by atoms with Crippen molar-refractivity contribution in [2.75, 3.05) is 4.90 Å². The third-order valence-corrected chi connectivity index (χ3v) is 11.7. The van der Waals surface area contributed by atoms with Crippen molar-refractivity contribution in [3.05, 3.63) is 140 Å². The number of rotatable bonds is 4. The summed E-state index contributed by atoms with van der Waals surface area (Å²) in [5.41, 5.74) is 5.93. The second-order valence-corrected chi connectivity index (χ2v) is 13.8. The maximum Gasteiger partial charge on any atom is 0.0542 e. The van der Waals surface area contributed by atoms with Gasteiger partial charge in [0.15, 0.2) is 0 Å². The second kappa shape index (κ2) is 9.53. The molecule has 3 heterocycles. The smallest absolute Gasteiger partial charge is 0.0542 e. The molecule has 4 heteroatoms. The van der Waals surface area contributed by atoms with Gasteiger partial charge < -0.3 is 4.90 Å². The van der Waals surface area contributed by atoms with Gasteiger partial charge >= 0.3 is 0 Å². The van der Waals surface area contributed by atoms with E-state index in [1.54, 1.807) is 0 Å². The summed E-state index contributed by atoms with van der Waals surface area (Å²) in [5, 5.41) is 5.35. The largest absolute Gasteiger partial charge is 0.310 e. The molecule has 3 aromatic heterocycles. The Morgan fingerprint density at radius 2 is 0.952 bits per heavy atom. The van der Waals surface area contributed by atoms with Gasteiger partial charge in [0.2, 0.25) is 0 Å². The van der Waals surface area contributed by atoms with Gasteiger partial charge in [-0.25, -0.2) is 0 Å². The molecular formula is C38H23NS3. The van der Waals surface area contributed by atoms with Crippen LogP contribution in [0, 0.1) is 0 Å². The lowest BCUT2D eigenvalue weighted by Gasteiger charge is -2.26. The minimum absolute atomic E-state index is 1.15. The number of hydrogen-bond acceptors (Lipinski definition) is 4. The Labute approximate surface area is 255 Å². The molecular weight excluding hydrogens is 567 g/mol. The van der Waals surface area contributed by atoms with Crippen LogP contribution in [0.3, 0.4) is 0 Å². The van der Waals surface area contributed by atoms with E-state index in [0.29, 0.717) is 0 Å². The lowest BCUT2D eigenvalue weighted by Crippen LogP contribution is -2.09. The average Bonchev–Trinajstić information content (AvgIpc) is 3.71. The van der Waals surface area contributed by atoms with Gasteiger partial charge in [0.05, 0.1) is 9.40 Å². The first-order chi connectivity index (χ1) is 20.8. The zero-order valence-electron chi connectivity index (χ0n) is 22.5. The van der Waals surface area contributed by atoms with Crippen LogP contribution in [0.2, 0.25) is 0 Å². The summed E-state index contributed by atoms with van der Waals surface area (Å²) < 4.78 is 8.17. The van der Waals surface area contributed by atoms with Crippen LogP contribution in [-0.4, -0.2) is 0 Å². The number of anilines is 3. The van der Waals surface area contributed by atoms with E-state index in [1.165, 1.54) is 60.9 Å². The predicted molar refractivity (Wildman–Crippen MR) is 188 cm³/mol. The van der Waals surface area contributed by atoms with Crippen molar-refractivity contribution in [1.29, 1.82) is 0 Å². The highest BCUT2D eigenvalue weighted by atomic mass is 32.1. The first-order valence-corrected chi connectivity index (χ1v) is 16.5. The van der Waals surface area contributed by atoms with Crippen molar-refractivity contribution >= 4 is 101 Å². The van der Waals surface area contributed by atoms with Crippen LogP contribution in [0.1, 0.15) is 0 Å². The van der Waals surface area contributed by atoms with Crippen LogP contribution in [0.25, 0.3) is 60.9 Å². The topological polar surface area (TPSA) is 3.24 Å². The SMILES string of the molecule is c1ccc(N(c2cccc(-c3ccc4c(c3)sc3c5ccccc5sc43)c2)c2ccc3sc4ccccc4c3c2)cc1. The third kappa shape index (κ3) is 3.80. The Kier molecular flexibility index (Phi) is 5.48. The van der Waals surface area contributed by atoms with Crippen molar-refractivity contribution in [3.63, 3.8) is 0 Å². The molecule has 42 heavy (non-hydrogen) atoms. The lowest BCUT2D eigenvalue weighted by molar-refractivity contribution is 1.29. The molecule has 0 saturated heterocycles. The number of fused-ring (bicyclic) bond motifs is 8. The Balaban J connectivity index is 1.18. The summed E-state index contributed by atoms with van der Waals surface area (Å²) in [6, 6.07) is 51.0. The van der Waals surface area contributed by atoms with Gasteiger partial charge in [-0.15, -0.1) is 34.0 Å². The van der Waals surface area contributed by atoms with E-state index in [1.807, 2.05) is 34.0 Å². The first kappa shape index (κ1) is 24.2. The lowest BCUT2D eigenvalue weighted by atomic mass is 10.0. The number of hydrogen-bond donors (Lipinski definition) is 0. The fourth-order valence-corrected chi connectivity index (χ4v) is 9.87. The molecule has 0 radical (unpaired) electrons. The number of thiophene rings is 3. The molecule has 0 aliphatic heterocycles. The molecule has 1 nitrogen and oxygen atoms in total. The normalized spacial score (nSPS) is 11.8. The second-order valence-electron chi connectivity index (χ2n) is 10.6. The molecule has 0 bridgehead atoms. The monoisotopic (exact) mass is 589 g/mol. The first-order valence-electron chi connectivity index (χ1n) is 14.0. The average molecular weight is 590 g/mol. The summed E-state index contributed by atoms with van der Waals surface area (Å²) in [6.07, 6.45) is 0. The standard InChI is InChI=1S/C38H23NS3/c1-2-10-26(11-3-1)39(28-18-20-35-32(23-28)29-13-4-6-15-33(29)40-35)27-12-8-9-24(21-27)25-17-19-31-36(22-25)42-37-30-14-5-7-16-34(30)41-38(31)37/h1-23H. The van der Waals surface area contributed by atoms with E-state index < -0.39 is 0 Å². The maximum atomic E-state index is 2.38. The van der Waals surface area contributed by atoms with Gasteiger partial charge in [0.1, 0.15) is 0 Å². The van der Waals surface area contributed by atoms with E-state index in [0.717, 1.165) is 17.1 Å². The van der Waals surface area contributed by atoms with Crippen LogP contribution >= 0.6 is 34.0 Å². The molecule has 0 N–H and O–H groups in total. The van der Waals surface area contributed by atoms with Crippen LogP contribution in [0.4, 0.5) is 17.1 Å². The quantitative estimate of drug-likeness (QED) is 0.197. The van der Waals surface area contributed by atoms with Crippen molar-refractivity contribution in [3.8, 4) is 11.1 Å².